The third-order valence-electron chi connectivity index (χ3n) is 15.4. The standard InChI is InChI=1S/C67H48N2O/c1-67(2)56-22-12-11-21-53(56)65-57(67)23-13-24-59(65)69(51-36-29-46(30-37-51)44-17-7-4-8-18-44)60-25-14-26-63-66(60)55-42-49(33-40-62(55)70-63)48-32-38-58-54(41-48)64-52-20-10-9-19-47(52)31-39-61(64)68(58)50-34-27-45(28-35-50)43-15-5-3-6-16-43/h3-42,60,66H,1-2H3. The number of anilines is 2. The Morgan fingerprint density at radius 1 is 0.500 bits per heavy atom. The second-order valence-corrected chi connectivity index (χ2v) is 19.6. The number of aromatic nitrogens is 1. The predicted molar refractivity (Wildman–Crippen MR) is 292 cm³/mol. The van der Waals surface area contributed by atoms with Gasteiger partial charge in [0.25, 0.3) is 0 Å². The van der Waals surface area contributed by atoms with Gasteiger partial charge in [-0.3, -0.25) is 0 Å². The Hall–Kier alpha value is -8.66. The van der Waals surface area contributed by atoms with Crippen LogP contribution in [0.4, 0.5) is 11.4 Å². The van der Waals surface area contributed by atoms with Gasteiger partial charge in [0.15, 0.2) is 0 Å². The molecule has 2 atom stereocenters. The van der Waals surface area contributed by atoms with Gasteiger partial charge in [0, 0.05) is 44.4 Å². The van der Waals surface area contributed by atoms with Crippen molar-refractivity contribution in [3.05, 3.63) is 265 Å². The van der Waals surface area contributed by atoms with Gasteiger partial charge in [-0.1, -0.05) is 190 Å². The van der Waals surface area contributed by atoms with Crippen LogP contribution < -0.4 is 9.64 Å². The third-order valence-corrected chi connectivity index (χ3v) is 15.4. The van der Waals surface area contributed by atoms with Crippen LogP contribution in [0.1, 0.15) is 36.5 Å². The van der Waals surface area contributed by atoms with Gasteiger partial charge in [0.05, 0.1) is 23.0 Å². The fraction of sp³-hybridized carbons (Fsp3) is 0.0746. The first-order chi connectivity index (χ1) is 34.5. The SMILES string of the molecule is CC1(C)c2ccccc2-c2c(N(c3ccc(-c4ccccc4)cc3)C3C=CC=C4Oc5ccc(-c6ccc7c(c6)c6c8ccccc8ccc6n7-c6ccc(-c7ccccc7)cc6)cc5C43)cccc21. The summed E-state index contributed by atoms with van der Waals surface area (Å²) in [6.07, 6.45) is 6.75. The van der Waals surface area contributed by atoms with Crippen LogP contribution >= 0.6 is 0 Å². The monoisotopic (exact) mass is 896 g/mol. The fourth-order valence-corrected chi connectivity index (χ4v) is 12.0. The van der Waals surface area contributed by atoms with Gasteiger partial charge >= 0.3 is 0 Å². The Balaban J connectivity index is 0.910. The van der Waals surface area contributed by atoms with Crippen LogP contribution in [0.5, 0.6) is 5.75 Å². The fourth-order valence-electron chi connectivity index (χ4n) is 12.0. The van der Waals surface area contributed by atoms with Gasteiger partial charge in [0.2, 0.25) is 0 Å². The highest BCUT2D eigenvalue weighted by molar-refractivity contribution is 6.22. The van der Waals surface area contributed by atoms with E-state index >= 15 is 0 Å². The van der Waals surface area contributed by atoms with Crippen LogP contribution in [0.25, 0.3) is 82.8 Å². The Bertz CT molecular complexity index is 3930. The lowest BCUT2D eigenvalue weighted by molar-refractivity contribution is 0.415. The molecule has 2 aliphatic carbocycles. The zero-order chi connectivity index (χ0) is 46.5. The summed E-state index contributed by atoms with van der Waals surface area (Å²) in [6.45, 7) is 4.73. The summed E-state index contributed by atoms with van der Waals surface area (Å²) in [5.74, 6) is 1.84. The Morgan fingerprint density at radius 3 is 1.91 bits per heavy atom. The van der Waals surface area contributed by atoms with E-state index in [4.69, 9.17) is 4.74 Å². The van der Waals surface area contributed by atoms with Crippen LogP contribution in [0.15, 0.2) is 248 Å². The lowest BCUT2D eigenvalue weighted by Crippen LogP contribution is -2.36. The van der Waals surface area contributed by atoms with Crippen molar-refractivity contribution in [2.24, 2.45) is 0 Å². The van der Waals surface area contributed by atoms with Crippen LogP contribution in [0.3, 0.4) is 0 Å². The molecule has 3 heteroatoms. The molecule has 2 heterocycles. The molecule has 2 unspecified atom stereocenters. The molecular weight excluding hydrogens is 849 g/mol. The number of allylic oxidation sites excluding steroid dienone is 2. The number of ether oxygens (including phenoxy) is 1. The first-order valence-electron chi connectivity index (χ1n) is 24.5. The molecule has 0 N–H and O–H groups in total. The Kier molecular flexibility index (Phi) is 9.06. The number of hydrogen-bond donors (Lipinski definition) is 0. The third kappa shape index (κ3) is 6.21. The van der Waals surface area contributed by atoms with E-state index in [0.29, 0.717) is 0 Å². The van der Waals surface area contributed by atoms with E-state index in [0.717, 1.165) is 22.9 Å². The molecule has 70 heavy (non-hydrogen) atoms. The molecule has 0 spiro atoms. The zero-order valence-corrected chi connectivity index (χ0v) is 39.1. The largest absolute Gasteiger partial charge is 0.461 e. The van der Waals surface area contributed by atoms with Crippen LogP contribution in [-0.4, -0.2) is 10.6 Å². The highest BCUT2D eigenvalue weighted by atomic mass is 16.5. The summed E-state index contributed by atoms with van der Waals surface area (Å²) in [5.41, 5.74) is 19.4. The van der Waals surface area contributed by atoms with E-state index in [1.165, 1.54) is 99.5 Å². The van der Waals surface area contributed by atoms with E-state index in [9.17, 15) is 0 Å². The molecule has 0 bridgehead atoms. The van der Waals surface area contributed by atoms with Crippen molar-refractivity contribution < 1.29 is 4.74 Å². The minimum Gasteiger partial charge on any atom is -0.461 e. The van der Waals surface area contributed by atoms with Gasteiger partial charge < -0.3 is 14.2 Å². The van der Waals surface area contributed by atoms with Crippen LogP contribution in [-0.2, 0) is 5.41 Å². The number of rotatable bonds is 7. The molecule has 332 valence electrons. The molecule has 3 nitrogen and oxygen atoms in total. The highest BCUT2D eigenvalue weighted by Crippen LogP contribution is 2.56. The molecule has 0 saturated carbocycles. The van der Waals surface area contributed by atoms with Gasteiger partial charge in [-0.05, 0) is 128 Å². The summed E-state index contributed by atoms with van der Waals surface area (Å²) in [5, 5.41) is 4.99. The minimum atomic E-state index is -0.136. The molecule has 11 aromatic rings. The van der Waals surface area contributed by atoms with Gasteiger partial charge in [0.1, 0.15) is 11.5 Å². The van der Waals surface area contributed by atoms with Crippen molar-refractivity contribution in [1.29, 1.82) is 0 Å². The van der Waals surface area contributed by atoms with E-state index in [-0.39, 0.29) is 17.4 Å². The topological polar surface area (TPSA) is 17.4 Å². The summed E-state index contributed by atoms with van der Waals surface area (Å²) in [4.78, 5) is 2.59. The van der Waals surface area contributed by atoms with Gasteiger partial charge in [-0.2, -0.15) is 0 Å². The number of nitrogens with zero attached hydrogens (tertiary/aromatic N) is 2. The smallest absolute Gasteiger partial charge is 0.131 e. The summed E-state index contributed by atoms with van der Waals surface area (Å²) in [7, 11) is 0. The summed E-state index contributed by atoms with van der Waals surface area (Å²) < 4.78 is 9.29. The molecule has 0 saturated heterocycles. The number of hydrogen-bond acceptors (Lipinski definition) is 2. The average Bonchev–Trinajstić information content (AvgIpc) is 4.05. The number of fused-ring (bicyclic) bond motifs is 11. The van der Waals surface area contributed by atoms with E-state index in [2.05, 4.69) is 266 Å². The Morgan fingerprint density at radius 2 is 1.13 bits per heavy atom. The van der Waals surface area contributed by atoms with Gasteiger partial charge in [-0.15, -0.1) is 0 Å². The van der Waals surface area contributed by atoms with Crippen molar-refractivity contribution in [2.75, 3.05) is 4.90 Å². The minimum absolute atomic E-state index is 0.0530. The first kappa shape index (κ1) is 40.4. The lowest BCUT2D eigenvalue weighted by Gasteiger charge is -2.38. The van der Waals surface area contributed by atoms with Crippen LogP contribution in [0.2, 0.25) is 0 Å². The summed E-state index contributed by atoms with van der Waals surface area (Å²) >= 11 is 0. The summed E-state index contributed by atoms with van der Waals surface area (Å²) in [6, 6.07) is 82.5. The average molecular weight is 897 g/mol. The second-order valence-electron chi connectivity index (χ2n) is 19.6. The van der Waals surface area contributed by atoms with Gasteiger partial charge in [-0.25, -0.2) is 0 Å². The van der Waals surface area contributed by atoms with Crippen LogP contribution in [0, 0.1) is 0 Å². The molecule has 3 aliphatic rings. The molecule has 10 aromatic carbocycles. The van der Waals surface area contributed by atoms with E-state index in [1.807, 2.05) is 0 Å². The predicted octanol–water partition coefficient (Wildman–Crippen LogP) is 17.4. The molecule has 1 aromatic heterocycles. The van der Waals surface area contributed by atoms with Crippen molar-refractivity contribution in [3.63, 3.8) is 0 Å². The quantitative estimate of drug-likeness (QED) is 0.159. The Labute approximate surface area is 408 Å². The maximum absolute atomic E-state index is 6.86. The normalized spacial score (nSPS) is 16.1. The second kappa shape index (κ2) is 15.7. The van der Waals surface area contributed by atoms with E-state index < -0.39 is 0 Å². The molecule has 0 fully saturated rings. The molecular formula is C67H48N2O. The molecule has 1 aliphatic heterocycles. The van der Waals surface area contributed by atoms with Crippen molar-refractivity contribution in [1.82, 2.24) is 4.57 Å². The highest BCUT2D eigenvalue weighted by Gasteiger charge is 2.43. The maximum atomic E-state index is 6.86. The van der Waals surface area contributed by atoms with Crippen molar-refractivity contribution in [2.45, 2.75) is 31.2 Å². The molecule has 14 rings (SSSR count). The van der Waals surface area contributed by atoms with E-state index in [1.54, 1.807) is 0 Å². The van der Waals surface area contributed by atoms with Crippen molar-refractivity contribution in [3.8, 4) is 55.9 Å². The maximum Gasteiger partial charge on any atom is 0.131 e. The molecule has 0 radical (unpaired) electrons. The lowest BCUT2D eigenvalue weighted by atomic mass is 9.82. The molecule has 0 amide bonds. The first-order valence-corrected chi connectivity index (χ1v) is 24.5. The van der Waals surface area contributed by atoms with Crippen molar-refractivity contribution >= 4 is 44.0 Å². The number of benzene rings is 10. The zero-order valence-electron chi connectivity index (χ0n) is 39.1.